The van der Waals surface area contributed by atoms with Gasteiger partial charge >= 0.3 is 0 Å². The Labute approximate surface area is 109 Å². The molecular formula is C14H32O2Si. The first kappa shape index (κ1) is 17.1. The van der Waals surface area contributed by atoms with Crippen LogP contribution in [-0.4, -0.2) is 25.6 Å². The topological polar surface area (TPSA) is 29.5 Å². The molecule has 0 amide bonds. The van der Waals surface area contributed by atoms with Crippen molar-refractivity contribution in [2.45, 2.75) is 90.6 Å². The molecule has 0 heterocycles. The van der Waals surface area contributed by atoms with Crippen LogP contribution in [0.5, 0.6) is 0 Å². The first-order chi connectivity index (χ1) is 7.81. The summed E-state index contributed by atoms with van der Waals surface area (Å²) < 4.78 is 6.03. The number of hydrogen-bond acceptors (Lipinski definition) is 2. The summed E-state index contributed by atoms with van der Waals surface area (Å²) in [6, 6.07) is 0. The van der Waals surface area contributed by atoms with Gasteiger partial charge in [-0.2, -0.15) is 0 Å². The first-order valence-electron chi connectivity index (χ1n) is 7.17. The summed E-state index contributed by atoms with van der Waals surface area (Å²) in [7, 11) is -1.75. The van der Waals surface area contributed by atoms with Gasteiger partial charge in [-0.25, -0.2) is 0 Å². The predicted octanol–water partition coefficient (Wildman–Crippen LogP) is 4.34. The second-order valence-electron chi connectivity index (χ2n) is 5.98. The molecule has 0 aliphatic rings. The molecule has 0 spiro atoms. The molecule has 2 nitrogen and oxygen atoms in total. The van der Waals surface area contributed by atoms with Crippen molar-refractivity contribution in [2.24, 2.45) is 0 Å². The van der Waals surface area contributed by atoms with Crippen LogP contribution in [-0.2, 0) is 4.43 Å². The van der Waals surface area contributed by atoms with Crippen LogP contribution in [0.25, 0.3) is 0 Å². The van der Waals surface area contributed by atoms with Crippen molar-refractivity contribution in [1.82, 2.24) is 0 Å². The molecule has 0 fully saturated rings. The Morgan fingerprint density at radius 2 is 1.65 bits per heavy atom. The Morgan fingerprint density at radius 1 is 1.06 bits per heavy atom. The predicted molar refractivity (Wildman–Crippen MR) is 77.9 cm³/mol. The van der Waals surface area contributed by atoms with Crippen LogP contribution in [0.3, 0.4) is 0 Å². The van der Waals surface area contributed by atoms with E-state index in [0.717, 1.165) is 12.8 Å². The third-order valence-electron chi connectivity index (χ3n) is 3.57. The summed E-state index contributed by atoms with van der Waals surface area (Å²) in [5, 5.41) is 10.2. The van der Waals surface area contributed by atoms with E-state index in [2.05, 4.69) is 40.8 Å². The highest BCUT2D eigenvalue weighted by Crippen LogP contribution is 2.29. The van der Waals surface area contributed by atoms with Crippen molar-refractivity contribution in [3.8, 4) is 0 Å². The smallest absolute Gasteiger partial charge is 0.192 e. The molecule has 0 rings (SSSR count). The highest BCUT2D eigenvalue weighted by atomic mass is 28.4. The summed E-state index contributed by atoms with van der Waals surface area (Å²) in [5.41, 5.74) is 0.312. The second kappa shape index (κ2) is 8.28. The average molecular weight is 260 g/mol. The van der Waals surface area contributed by atoms with Crippen LogP contribution >= 0.6 is 0 Å². The molecule has 0 bridgehead atoms. The van der Waals surface area contributed by atoms with Crippen LogP contribution in [0.15, 0.2) is 0 Å². The molecule has 0 saturated carbocycles. The first-order valence-corrected chi connectivity index (χ1v) is 10.2. The molecule has 0 unspecified atom stereocenters. The van der Waals surface area contributed by atoms with Gasteiger partial charge in [0, 0.05) is 11.6 Å². The highest BCUT2D eigenvalue weighted by Gasteiger charge is 2.35. The van der Waals surface area contributed by atoms with Crippen LogP contribution in [0.2, 0.25) is 18.6 Å². The van der Waals surface area contributed by atoms with Gasteiger partial charge in [-0.15, -0.1) is 0 Å². The SMILES string of the molecule is CCCCCC[C@@H](O)[C@@H](C)[Si](C)(C)OC(C)C. The van der Waals surface area contributed by atoms with E-state index in [1.807, 2.05) is 0 Å². The lowest BCUT2D eigenvalue weighted by Crippen LogP contribution is -2.42. The molecule has 3 heteroatoms. The van der Waals surface area contributed by atoms with Crippen molar-refractivity contribution in [2.75, 3.05) is 0 Å². The maximum absolute atomic E-state index is 10.2. The monoisotopic (exact) mass is 260 g/mol. The van der Waals surface area contributed by atoms with E-state index in [1.165, 1.54) is 19.3 Å². The summed E-state index contributed by atoms with van der Waals surface area (Å²) in [5.74, 6) is 0. The van der Waals surface area contributed by atoms with Crippen LogP contribution in [0.1, 0.15) is 59.8 Å². The number of aliphatic hydroxyl groups excluding tert-OH is 1. The summed E-state index contributed by atoms with van der Waals surface area (Å²) >= 11 is 0. The lowest BCUT2D eigenvalue weighted by Gasteiger charge is -2.34. The minimum atomic E-state index is -1.75. The normalized spacial score (nSPS) is 16.2. The molecule has 104 valence electrons. The number of hydrogen-bond donors (Lipinski definition) is 1. The Morgan fingerprint density at radius 3 is 2.12 bits per heavy atom. The van der Waals surface area contributed by atoms with Gasteiger partial charge in [0.15, 0.2) is 8.32 Å². The lowest BCUT2D eigenvalue weighted by atomic mass is 10.1. The maximum atomic E-state index is 10.2. The molecule has 0 aromatic carbocycles. The zero-order valence-corrected chi connectivity index (χ0v) is 13.6. The van der Waals surface area contributed by atoms with Gasteiger partial charge < -0.3 is 9.53 Å². The Hall–Kier alpha value is 0.137. The van der Waals surface area contributed by atoms with E-state index in [0.29, 0.717) is 5.54 Å². The van der Waals surface area contributed by atoms with Gasteiger partial charge in [0.1, 0.15) is 0 Å². The van der Waals surface area contributed by atoms with Crippen molar-refractivity contribution < 1.29 is 9.53 Å². The maximum Gasteiger partial charge on any atom is 0.192 e. The van der Waals surface area contributed by atoms with Gasteiger partial charge in [-0.05, 0) is 33.4 Å². The van der Waals surface area contributed by atoms with E-state index in [-0.39, 0.29) is 12.2 Å². The number of unbranched alkanes of at least 4 members (excludes halogenated alkanes) is 3. The molecule has 0 aromatic heterocycles. The number of rotatable bonds is 9. The van der Waals surface area contributed by atoms with Crippen LogP contribution in [0, 0.1) is 0 Å². The quantitative estimate of drug-likeness (QED) is 0.494. The molecule has 17 heavy (non-hydrogen) atoms. The van der Waals surface area contributed by atoms with Crippen LogP contribution < -0.4 is 0 Å². The molecule has 1 N–H and O–H groups in total. The largest absolute Gasteiger partial charge is 0.415 e. The minimum Gasteiger partial charge on any atom is -0.415 e. The fourth-order valence-corrected chi connectivity index (χ4v) is 4.73. The Balaban J connectivity index is 4.05. The van der Waals surface area contributed by atoms with Gasteiger partial charge in [0.2, 0.25) is 0 Å². The van der Waals surface area contributed by atoms with Gasteiger partial charge in [0.25, 0.3) is 0 Å². The Kier molecular flexibility index (Phi) is 8.34. The zero-order chi connectivity index (χ0) is 13.5. The van der Waals surface area contributed by atoms with Crippen molar-refractivity contribution in [3.05, 3.63) is 0 Å². The molecule has 0 aliphatic carbocycles. The molecule has 2 atom stereocenters. The fraction of sp³-hybridized carbons (Fsp3) is 1.00. The summed E-state index contributed by atoms with van der Waals surface area (Å²) in [6.07, 6.45) is 5.93. The van der Waals surface area contributed by atoms with E-state index >= 15 is 0 Å². The van der Waals surface area contributed by atoms with Gasteiger partial charge in [-0.1, -0.05) is 39.5 Å². The van der Waals surface area contributed by atoms with Gasteiger partial charge in [-0.3, -0.25) is 0 Å². The van der Waals surface area contributed by atoms with Crippen molar-refractivity contribution >= 4 is 8.32 Å². The van der Waals surface area contributed by atoms with Crippen LogP contribution in [0.4, 0.5) is 0 Å². The molecule has 0 radical (unpaired) electrons. The zero-order valence-electron chi connectivity index (χ0n) is 12.6. The fourth-order valence-electron chi connectivity index (χ4n) is 2.21. The molecule has 0 aromatic rings. The Bertz CT molecular complexity index is 193. The van der Waals surface area contributed by atoms with E-state index < -0.39 is 8.32 Å². The third-order valence-corrected chi connectivity index (χ3v) is 7.22. The minimum absolute atomic E-state index is 0.188. The highest BCUT2D eigenvalue weighted by molar-refractivity contribution is 6.72. The van der Waals surface area contributed by atoms with E-state index in [4.69, 9.17) is 4.43 Å². The van der Waals surface area contributed by atoms with E-state index in [9.17, 15) is 5.11 Å². The van der Waals surface area contributed by atoms with Crippen molar-refractivity contribution in [3.63, 3.8) is 0 Å². The lowest BCUT2D eigenvalue weighted by molar-refractivity contribution is 0.136. The van der Waals surface area contributed by atoms with E-state index in [1.54, 1.807) is 0 Å². The number of aliphatic hydroxyl groups is 1. The molecular weight excluding hydrogens is 228 g/mol. The third kappa shape index (κ3) is 7.22. The summed E-state index contributed by atoms with van der Waals surface area (Å²) in [6.45, 7) is 13.0. The molecule has 0 aliphatic heterocycles. The molecule has 0 saturated heterocycles. The van der Waals surface area contributed by atoms with Gasteiger partial charge in [0.05, 0.1) is 6.10 Å². The van der Waals surface area contributed by atoms with Crippen molar-refractivity contribution in [1.29, 1.82) is 0 Å². The summed E-state index contributed by atoms with van der Waals surface area (Å²) in [4.78, 5) is 0. The standard InChI is InChI=1S/C14H32O2Si/c1-7-8-9-10-11-14(15)13(4)17(5,6)16-12(2)3/h12-15H,7-11H2,1-6H3/t13-,14-/m1/s1. The average Bonchev–Trinajstić information content (AvgIpc) is 2.21. The second-order valence-corrected chi connectivity index (χ2v) is 10.3.